The molecule has 1 N–H and O–H groups in total. The normalized spacial score (nSPS) is 23.3. The lowest BCUT2D eigenvalue weighted by Crippen LogP contribution is -2.70. The minimum atomic E-state index is -2.79. The molecule has 3 fully saturated rings. The molecule has 0 unspecified atom stereocenters. The molecule has 4 heterocycles. The van der Waals surface area contributed by atoms with Gasteiger partial charge in [0.1, 0.15) is 0 Å². The van der Waals surface area contributed by atoms with Gasteiger partial charge in [-0.3, -0.25) is 14.2 Å². The predicted molar refractivity (Wildman–Crippen MR) is 106 cm³/mol. The monoisotopic (exact) mass is 419 g/mol. The van der Waals surface area contributed by atoms with Gasteiger partial charge in [-0.2, -0.15) is 9.69 Å². The summed E-state index contributed by atoms with van der Waals surface area (Å²) < 4.78 is 31.6. The van der Waals surface area contributed by atoms with Crippen molar-refractivity contribution in [3.63, 3.8) is 0 Å². The second kappa shape index (κ2) is 6.37. The van der Waals surface area contributed by atoms with Crippen molar-refractivity contribution in [1.29, 1.82) is 0 Å². The summed E-state index contributed by atoms with van der Waals surface area (Å²) in [5.41, 5.74) is 0.0225. The lowest BCUT2D eigenvalue weighted by Gasteiger charge is -2.56. The molecule has 1 aromatic carbocycles. The minimum Gasteiger partial charge on any atom is -0.368 e. The van der Waals surface area contributed by atoms with Crippen molar-refractivity contribution in [2.24, 2.45) is 12.5 Å². The molecular weight excluding hydrogens is 396 g/mol. The first-order chi connectivity index (χ1) is 14.3. The van der Waals surface area contributed by atoms with Crippen molar-refractivity contribution in [2.45, 2.75) is 31.6 Å². The molecule has 2 amide bonds. The van der Waals surface area contributed by atoms with Crippen LogP contribution in [0.2, 0.25) is 0 Å². The van der Waals surface area contributed by atoms with Crippen molar-refractivity contribution in [2.75, 3.05) is 36.1 Å². The van der Waals surface area contributed by atoms with E-state index in [9.17, 15) is 23.2 Å². The maximum absolute atomic E-state index is 14.6. The molecule has 1 aromatic heterocycles. The van der Waals surface area contributed by atoms with E-state index in [0.717, 1.165) is 9.69 Å². The molecule has 0 bridgehead atoms. The number of nitrogens with zero attached hydrogens (tertiary/aromatic N) is 4. The van der Waals surface area contributed by atoms with E-state index in [1.165, 1.54) is 4.57 Å². The van der Waals surface area contributed by atoms with Gasteiger partial charge in [-0.05, 0) is 31.5 Å². The molecule has 3 aliphatic rings. The van der Waals surface area contributed by atoms with E-state index in [1.54, 1.807) is 25.2 Å². The number of hydrogen-bond donors (Lipinski definition) is 1. The van der Waals surface area contributed by atoms with Gasteiger partial charge in [-0.15, -0.1) is 0 Å². The Balaban J connectivity index is 1.57. The summed E-state index contributed by atoms with van der Waals surface area (Å²) in [4.78, 5) is 39.7. The van der Waals surface area contributed by atoms with Crippen LogP contribution in [-0.4, -0.2) is 53.2 Å². The summed E-state index contributed by atoms with van der Waals surface area (Å²) in [5.74, 6) is -3.62. The zero-order valence-corrected chi connectivity index (χ0v) is 16.7. The number of halogens is 2. The van der Waals surface area contributed by atoms with Crippen LogP contribution in [0.5, 0.6) is 0 Å². The molecule has 3 aliphatic heterocycles. The number of benzene rings is 1. The van der Waals surface area contributed by atoms with E-state index in [-0.39, 0.29) is 32.5 Å². The Morgan fingerprint density at radius 2 is 1.77 bits per heavy atom. The highest BCUT2D eigenvalue weighted by Crippen LogP contribution is 2.50. The maximum atomic E-state index is 14.6. The Morgan fingerprint density at radius 1 is 1.07 bits per heavy atom. The third-order valence-electron chi connectivity index (χ3n) is 6.71. The highest BCUT2D eigenvalue weighted by atomic mass is 19.3. The Kier molecular flexibility index (Phi) is 4.08. The molecule has 2 aromatic rings. The Morgan fingerprint density at radius 3 is 2.43 bits per heavy atom. The molecule has 8 nitrogen and oxygen atoms in total. The van der Waals surface area contributed by atoms with E-state index < -0.39 is 28.8 Å². The topological polar surface area (TPSA) is 79.6 Å². The summed E-state index contributed by atoms with van der Waals surface area (Å²) in [5, 5.41) is 3.69. The molecule has 0 saturated carbocycles. The minimum absolute atomic E-state index is 0.196. The van der Waals surface area contributed by atoms with Crippen LogP contribution < -0.4 is 20.9 Å². The average molecular weight is 419 g/mol. The Labute approximate surface area is 171 Å². The third kappa shape index (κ3) is 2.49. The number of anilines is 1. The number of alkyl halides is 2. The average Bonchev–Trinajstić information content (AvgIpc) is 2.91. The zero-order valence-electron chi connectivity index (χ0n) is 16.7. The van der Waals surface area contributed by atoms with Crippen LogP contribution in [0.15, 0.2) is 23.0 Å². The SMILES string of the molecule is Cn1c(=O)n(N2C(=O)CCCC2=O)c2cccc(N3CC4(CCNCC4(F)F)C3)c21. The van der Waals surface area contributed by atoms with Crippen molar-refractivity contribution in [1.82, 2.24) is 14.6 Å². The highest BCUT2D eigenvalue weighted by Gasteiger charge is 2.61. The molecular formula is C20H23F2N5O3. The Bertz CT molecular complexity index is 1100. The number of rotatable bonds is 2. The van der Waals surface area contributed by atoms with E-state index >= 15 is 0 Å². The molecule has 160 valence electrons. The summed E-state index contributed by atoms with van der Waals surface area (Å²) in [6.45, 7) is 0.629. The first kappa shape index (κ1) is 19.2. The second-order valence-electron chi connectivity index (χ2n) is 8.52. The number of imide groups is 1. The van der Waals surface area contributed by atoms with Crippen LogP contribution >= 0.6 is 0 Å². The fourth-order valence-electron chi connectivity index (χ4n) is 4.98. The van der Waals surface area contributed by atoms with Crippen molar-refractivity contribution in [3.05, 3.63) is 28.7 Å². The maximum Gasteiger partial charge on any atom is 0.348 e. The van der Waals surface area contributed by atoms with Crippen LogP contribution in [0.1, 0.15) is 25.7 Å². The van der Waals surface area contributed by atoms with E-state index in [1.807, 2.05) is 4.90 Å². The van der Waals surface area contributed by atoms with Gasteiger partial charge in [0, 0.05) is 33.0 Å². The first-order valence-electron chi connectivity index (χ1n) is 10.2. The van der Waals surface area contributed by atoms with Gasteiger partial charge in [-0.25, -0.2) is 13.6 Å². The standard InChI is InChI=1S/C20H23F2N5O3/c1-24-17-13(25-11-19(12-25)8-9-23-10-20(19,21)22)4-2-5-14(17)26(18(24)30)27-15(28)6-3-7-16(27)29/h2,4-5,23H,3,6-12H2,1H3. The number of para-hydroxylation sites is 1. The first-order valence-corrected chi connectivity index (χ1v) is 10.2. The second-order valence-corrected chi connectivity index (χ2v) is 8.52. The summed E-state index contributed by atoms with van der Waals surface area (Å²) in [6.07, 6.45) is 1.26. The fraction of sp³-hybridized carbons (Fsp3) is 0.550. The number of imidazole rings is 1. The summed E-state index contributed by atoms with van der Waals surface area (Å²) in [6, 6.07) is 5.18. The summed E-state index contributed by atoms with van der Waals surface area (Å²) >= 11 is 0. The van der Waals surface area contributed by atoms with Crippen LogP contribution in [0, 0.1) is 5.41 Å². The van der Waals surface area contributed by atoms with E-state index in [0.29, 0.717) is 36.1 Å². The van der Waals surface area contributed by atoms with Gasteiger partial charge < -0.3 is 10.2 Å². The lowest BCUT2D eigenvalue weighted by molar-refractivity contribution is -0.151. The number of aromatic nitrogens is 2. The van der Waals surface area contributed by atoms with E-state index in [2.05, 4.69) is 5.32 Å². The quantitative estimate of drug-likeness (QED) is 0.734. The van der Waals surface area contributed by atoms with E-state index in [4.69, 9.17) is 0 Å². The molecule has 1 spiro atoms. The van der Waals surface area contributed by atoms with Gasteiger partial charge in [0.05, 0.1) is 28.7 Å². The van der Waals surface area contributed by atoms with Gasteiger partial charge in [0.2, 0.25) is 11.8 Å². The zero-order chi connectivity index (χ0) is 21.3. The molecule has 30 heavy (non-hydrogen) atoms. The number of nitrogens with one attached hydrogen (secondary N) is 1. The number of aryl methyl sites for hydroxylation is 1. The molecule has 10 heteroatoms. The van der Waals surface area contributed by atoms with Crippen LogP contribution in [0.4, 0.5) is 14.5 Å². The number of fused-ring (bicyclic) bond motifs is 1. The van der Waals surface area contributed by atoms with Crippen LogP contribution in [0.25, 0.3) is 11.0 Å². The van der Waals surface area contributed by atoms with Gasteiger partial charge >= 0.3 is 5.69 Å². The lowest BCUT2D eigenvalue weighted by atomic mass is 9.69. The largest absolute Gasteiger partial charge is 0.368 e. The van der Waals surface area contributed by atoms with Crippen molar-refractivity contribution in [3.8, 4) is 0 Å². The summed E-state index contributed by atoms with van der Waals surface area (Å²) in [7, 11) is 1.57. The number of amides is 2. The smallest absolute Gasteiger partial charge is 0.348 e. The molecule has 0 atom stereocenters. The molecule has 3 saturated heterocycles. The fourth-order valence-corrected chi connectivity index (χ4v) is 4.98. The number of piperidine rings is 2. The van der Waals surface area contributed by atoms with Gasteiger partial charge in [0.15, 0.2) is 0 Å². The van der Waals surface area contributed by atoms with Gasteiger partial charge in [0.25, 0.3) is 5.92 Å². The highest BCUT2D eigenvalue weighted by molar-refractivity contribution is 6.11. The van der Waals surface area contributed by atoms with Crippen LogP contribution in [-0.2, 0) is 16.6 Å². The Hall–Kier alpha value is -2.75. The predicted octanol–water partition coefficient (Wildman–Crippen LogP) is 0.950. The van der Waals surface area contributed by atoms with Crippen LogP contribution in [0.3, 0.4) is 0 Å². The van der Waals surface area contributed by atoms with Crippen molar-refractivity contribution >= 4 is 28.5 Å². The van der Waals surface area contributed by atoms with Crippen molar-refractivity contribution < 1.29 is 18.4 Å². The van der Waals surface area contributed by atoms with Gasteiger partial charge in [-0.1, -0.05) is 6.07 Å². The molecule has 5 rings (SSSR count). The number of hydrogen-bond acceptors (Lipinski definition) is 5. The number of carbonyl (C=O) groups is 2. The number of carbonyl (C=O) groups excluding carboxylic acids is 2. The molecule has 0 aliphatic carbocycles. The molecule has 0 radical (unpaired) electrons. The third-order valence-corrected chi connectivity index (χ3v) is 6.71.